The molecule has 0 saturated carbocycles. The van der Waals surface area contributed by atoms with Crippen molar-refractivity contribution in [3.05, 3.63) is 89.6 Å². The maximum Gasteiger partial charge on any atom is 0.250 e. The lowest BCUT2D eigenvalue weighted by molar-refractivity contribution is 0.1000. The molecule has 5 heteroatoms. The van der Waals surface area contributed by atoms with Crippen LogP contribution in [0.25, 0.3) is 0 Å². The van der Waals surface area contributed by atoms with Gasteiger partial charge in [0.15, 0.2) is 0 Å². The molecule has 0 aliphatic rings. The quantitative estimate of drug-likeness (QED) is 0.473. The van der Waals surface area contributed by atoms with E-state index in [1.807, 2.05) is 12.1 Å². The molecule has 0 radical (unpaired) electrons. The summed E-state index contributed by atoms with van der Waals surface area (Å²) in [7, 11) is 0. The number of aromatic nitrogens is 1. The molecule has 0 spiro atoms. The van der Waals surface area contributed by atoms with Gasteiger partial charge in [-0.25, -0.2) is 4.98 Å². The average Bonchev–Trinajstić information content (AvgIpc) is 2.77. The van der Waals surface area contributed by atoms with Crippen LogP contribution in [0.1, 0.15) is 41.8 Å². The molecule has 0 aliphatic carbocycles. The normalized spacial score (nSPS) is 11.1. The zero-order chi connectivity index (χ0) is 22.1. The van der Waals surface area contributed by atoms with Crippen LogP contribution in [0.15, 0.2) is 72.9 Å². The largest absolute Gasteiger partial charge is 0.439 e. The molecule has 162 valence electrons. The monoisotopic (exact) mass is 417 g/mol. The molecule has 3 rings (SSSR count). The lowest BCUT2D eigenvalue weighted by Crippen LogP contribution is -2.27. The molecule has 2 N–H and O–H groups in total. The van der Waals surface area contributed by atoms with Gasteiger partial charge in [-0.3, -0.25) is 9.69 Å². The minimum absolute atomic E-state index is 0.361. The van der Waals surface area contributed by atoms with Crippen LogP contribution in [0, 0.1) is 5.92 Å². The first-order valence-electron chi connectivity index (χ1n) is 10.8. The third-order valence-electron chi connectivity index (χ3n) is 5.16. The topological polar surface area (TPSA) is 68.5 Å². The number of nitrogens with zero attached hydrogens (tertiary/aromatic N) is 2. The standard InChI is InChI=1S/C26H31N3O2/c1-20(2)14-16-29(19-22-6-4-3-5-7-22)17-15-21-8-11-24(12-9-21)31-25-13-10-23(18-28-25)26(27)30/h3-13,18,20H,14-17,19H2,1-2H3,(H2,27,30). The maximum absolute atomic E-state index is 11.1. The number of pyridine rings is 1. The minimum Gasteiger partial charge on any atom is -0.439 e. The highest BCUT2D eigenvalue weighted by molar-refractivity contribution is 5.92. The van der Waals surface area contributed by atoms with Crippen molar-refractivity contribution in [3.63, 3.8) is 0 Å². The van der Waals surface area contributed by atoms with Crippen LogP contribution in [0.4, 0.5) is 0 Å². The summed E-state index contributed by atoms with van der Waals surface area (Å²) < 4.78 is 5.76. The van der Waals surface area contributed by atoms with Crippen LogP contribution < -0.4 is 10.5 Å². The van der Waals surface area contributed by atoms with Crippen molar-refractivity contribution in [2.45, 2.75) is 33.2 Å². The summed E-state index contributed by atoms with van der Waals surface area (Å²) in [6.45, 7) is 7.63. The zero-order valence-corrected chi connectivity index (χ0v) is 18.3. The second-order valence-corrected chi connectivity index (χ2v) is 8.19. The summed E-state index contributed by atoms with van der Waals surface area (Å²) in [6.07, 6.45) is 3.60. The fourth-order valence-corrected chi connectivity index (χ4v) is 3.27. The van der Waals surface area contributed by atoms with E-state index >= 15 is 0 Å². The second-order valence-electron chi connectivity index (χ2n) is 8.19. The molecule has 1 heterocycles. The smallest absolute Gasteiger partial charge is 0.250 e. The summed E-state index contributed by atoms with van der Waals surface area (Å²) in [4.78, 5) is 17.8. The highest BCUT2D eigenvalue weighted by Crippen LogP contribution is 2.20. The van der Waals surface area contributed by atoms with Gasteiger partial charge >= 0.3 is 0 Å². The van der Waals surface area contributed by atoms with Crippen LogP contribution in [-0.4, -0.2) is 28.9 Å². The number of carbonyl (C=O) groups excluding carboxylic acids is 1. The Kier molecular flexibility index (Phi) is 8.19. The third kappa shape index (κ3) is 7.54. The third-order valence-corrected chi connectivity index (χ3v) is 5.16. The van der Waals surface area contributed by atoms with E-state index < -0.39 is 5.91 Å². The maximum atomic E-state index is 11.1. The summed E-state index contributed by atoms with van der Waals surface area (Å²) in [5.74, 6) is 1.34. The van der Waals surface area contributed by atoms with Crippen molar-refractivity contribution in [2.75, 3.05) is 13.1 Å². The number of benzene rings is 2. The van der Waals surface area contributed by atoms with E-state index in [9.17, 15) is 4.79 Å². The lowest BCUT2D eigenvalue weighted by atomic mass is 10.1. The lowest BCUT2D eigenvalue weighted by Gasteiger charge is -2.23. The highest BCUT2D eigenvalue weighted by atomic mass is 16.5. The molecule has 3 aromatic rings. The Labute approximate surface area is 184 Å². The molecular weight excluding hydrogens is 386 g/mol. The average molecular weight is 418 g/mol. The van der Waals surface area contributed by atoms with E-state index in [1.165, 1.54) is 23.7 Å². The first-order valence-corrected chi connectivity index (χ1v) is 10.8. The Hall–Kier alpha value is -3.18. The van der Waals surface area contributed by atoms with Crippen molar-refractivity contribution in [2.24, 2.45) is 11.7 Å². The highest BCUT2D eigenvalue weighted by Gasteiger charge is 2.08. The fourth-order valence-electron chi connectivity index (χ4n) is 3.27. The Morgan fingerprint density at radius 1 is 0.968 bits per heavy atom. The summed E-state index contributed by atoms with van der Waals surface area (Å²) in [5, 5.41) is 0. The van der Waals surface area contributed by atoms with Crippen LogP contribution in [0.3, 0.4) is 0 Å². The molecule has 1 amide bonds. The van der Waals surface area contributed by atoms with Crippen molar-refractivity contribution >= 4 is 5.91 Å². The molecule has 5 nitrogen and oxygen atoms in total. The summed E-state index contributed by atoms with van der Waals surface area (Å²) in [5.41, 5.74) is 8.22. The molecule has 2 aromatic carbocycles. The van der Waals surface area contributed by atoms with Crippen LogP contribution in [0.2, 0.25) is 0 Å². The number of hydrogen-bond acceptors (Lipinski definition) is 4. The van der Waals surface area contributed by atoms with Crippen molar-refractivity contribution in [1.29, 1.82) is 0 Å². The van der Waals surface area contributed by atoms with Gasteiger partial charge in [0, 0.05) is 25.4 Å². The SMILES string of the molecule is CC(C)CCN(CCc1ccc(Oc2ccc(C(N)=O)cn2)cc1)Cc1ccccc1. The van der Waals surface area contributed by atoms with Gasteiger partial charge in [-0.15, -0.1) is 0 Å². The molecular formula is C26H31N3O2. The van der Waals surface area contributed by atoms with E-state index in [-0.39, 0.29) is 0 Å². The second kappa shape index (κ2) is 11.3. The molecule has 0 atom stereocenters. The van der Waals surface area contributed by atoms with Gasteiger partial charge in [0.1, 0.15) is 5.75 Å². The van der Waals surface area contributed by atoms with Crippen LogP contribution in [-0.2, 0) is 13.0 Å². The molecule has 1 aromatic heterocycles. The minimum atomic E-state index is -0.502. The van der Waals surface area contributed by atoms with Gasteiger partial charge in [-0.05, 0) is 54.6 Å². The molecule has 0 aliphatic heterocycles. The van der Waals surface area contributed by atoms with Crippen molar-refractivity contribution < 1.29 is 9.53 Å². The van der Waals surface area contributed by atoms with Gasteiger partial charge in [0.2, 0.25) is 11.8 Å². The zero-order valence-electron chi connectivity index (χ0n) is 18.3. The number of hydrogen-bond donors (Lipinski definition) is 1. The Balaban J connectivity index is 1.55. The predicted octanol–water partition coefficient (Wildman–Crippen LogP) is 5.06. The van der Waals surface area contributed by atoms with Gasteiger partial charge in [0.05, 0.1) is 5.56 Å². The number of ether oxygens (including phenoxy) is 1. The van der Waals surface area contributed by atoms with Gasteiger partial charge in [-0.2, -0.15) is 0 Å². The first kappa shape index (κ1) is 22.5. The van der Waals surface area contributed by atoms with E-state index in [2.05, 4.69) is 66.2 Å². The molecule has 0 saturated heterocycles. The number of rotatable bonds is 11. The van der Waals surface area contributed by atoms with E-state index in [0.29, 0.717) is 23.1 Å². The molecule has 0 bridgehead atoms. The number of carbonyl (C=O) groups is 1. The van der Waals surface area contributed by atoms with Crippen LogP contribution >= 0.6 is 0 Å². The van der Waals surface area contributed by atoms with Gasteiger partial charge in [0.25, 0.3) is 0 Å². The predicted molar refractivity (Wildman–Crippen MR) is 124 cm³/mol. The number of amides is 1. The Bertz CT molecular complexity index is 939. The summed E-state index contributed by atoms with van der Waals surface area (Å²) >= 11 is 0. The van der Waals surface area contributed by atoms with Gasteiger partial charge < -0.3 is 10.5 Å². The number of nitrogens with two attached hydrogens (primary N) is 1. The van der Waals surface area contributed by atoms with Crippen molar-refractivity contribution in [3.8, 4) is 11.6 Å². The Morgan fingerprint density at radius 2 is 1.71 bits per heavy atom. The van der Waals surface area contributed by atoms with E-state index in [4.69, 9.17) is 10.5 Å². The molecule has 0 fully saturated rings. The molecule has 0 unspecified atom stereocenters. The first-order chi connectivity index (χ1) is 15.0. The summed E-state index contributed by atoms with van der Waals surface area (Å²) in [6, 6.07) is 22.0. The van der Waals surface area contributed by atoms with Crippen LogP contribution in [0.5, 0.6) is 11.6 Å². The fraction of sp³-hybridized carbons (Fsp3) is 0.308. The van der Waals surface area contributed by atoms with E-state index in [1.54, 1.807) is 12.1 Å². The molecule has 31 heavy (non-hydrogen) atoms. The Morgan fingerprint density at radius 3 is 2.32 bits per heavy atom. The van der Waals surface area contributed by atoms with Crippen molar-refractivity contribution in [1.82, 2.24) is 9.88 Å². The van der Waals surface area contributed by atoms with E-state index in [0.717, 1.165) is 26.1 Å². The number of primary amides is 1. The van der Waals surface area contributed by atoms with Gasteiger partial charge in [-0.1, -0.05) is 56.3 Å².